The molecule has 0 aliphatic rings. The van der Waals surface area contributed by atoms with Crippen LogP contribution in [0.4, 0.5) is 0 Å². The van der Waals surface area contributed by atoms with Gasteiger partial charge in [-0.05, 0) is 13.0 Å². The molecule has 0 aromatic rings. The fourth-order valence-electron chi connectivity index (χ4n) is 0.964. The highest BCUT2D eigenvalue weighted by molar-refractivity contribution is 6.29. The minimum absolute atomic E-state index is 0.0274. The first kappa shape index (κ1) is 11.5. The molecule has 0 saturated carbocycles. The van der Waals surface area contributed by atoms with Crippen molar-refractivity contribution < 1.29 is 9.90 Å². The largest absolute Gasteiger partial charge is 0.480 e. The van der Waals surface area contributed by atoms with Gasteiger partial charge >= 0.3 is 5.97 Å². The normalized spacial score (nSPS) is 10.2. The number of carbonyl (C=O) groups is 1. The molecule has 0 heterocycles. The first-order valence-corrected chi connectivity index (χ1v) is 4.21. The monoisotopic (exact) mass is 191 g/mol. The quantitative estimate of drug-likeness (QED) is 0.693. The lowest BCUT2D eigenvalue weighted by molar-refractivity contribution is -0.138. The molecule has 0 aromatic carbocycles. The van der Waals surface area contributed by atoms with Crippen molar-refractivity contribution in [3.63, 3.8) is 0 Å². The predicted molar refractivity (Wildman–Crippen MR) is 49.4 cm³/mol. The molecule has 0 spiro atoms. The molecule has 0 bridgehead atoms. The van der Waals surface area contributed by atoms with Gasteiger partial charge in [-0.3, -0.25) is 9.69 Å². The van der Waals surface area contributed by atoms with E-state index in [1.54, 1.807) is 4.90 Å². The third kappa shape index (κ3) is 6.19. The summed E-state index contributed by atoms with van der Waals surface area (Å²) in [6, 6.07) is 0. The van der Waals surface area contributed by atoms with Crippen LogP contribution in [0.25, 0.3) is 0 Å². The van der Waals surface area contributed by atoms with Gasteiger partial charge in [0, 0.05) is 11.6 Å². The Labute approximate surface area is 77.6 Å². The molecule has 0 rings (SSSR count). The third-order valence-electron chi connectivity index (χ3n) is 1.29. The van der Waals surface area contributed by atoms with Gasteiger partial charge in [0.1, 0.15) is 0 Å². The lowest BCUT2D eigenvalue weighted by Crippen LogP contribution is -2.31. The summed E-state index contributed by atoms with van der Waals surface area (Å²) in [6.07, 6.45) is 0.914. The van der Waals surface area contributed by atoms with E-state index in [9.17, 15) is 4.79 Å². The number of halogens is 1. The minimum atomic E-state index is -0.832. The molecule has 70 valence electrons. The van der Waals surface area contributed by atoms with Gasteiger partial charge in [-0.2, -0.15) is 0 Å². The van der Waals surface area contributed by atoms with Gasteiger partial charge in [0.25, 0.3) is 0 Å². The van der Waals surface area contributed by atoms with Crippen molar-refractivity contribution in [2.75, 3.05) is 19.6 Å². The van der Waals surface area contributed by atoms with Gasteiger partial charge in [-0.15, -0.1) is 0 Å². The summed E-state index contributed by atoms with van der Waals surface area (Å²) in [5, 5.41) is 8.99. The Morgan fingerprint density at radius 2 is 2.17 bits per heavy atom. The zero-order valence-corrected chi connectivity index (χ0v) is 7.97. The standard InChI is InChI=1S/C8H14ClNO2/c1-3-4-10(5-7(2)9)6-8(11)12/h2-6H2,1H3,(H,11,12). The van der Waals surface area contributed by atoms with E-state index in [0.717, 1.165) is 13.0 Å². The molecular weight excluding hydrogens is 178 g/mol. The Kier molecular flexibility index (Phi) is 5.76. The highest BCUT2D eigenvalue weighted by atomic mass is 35.5. The van der Waals surface area contributed by atoms with Crippen LogP contribution in [0.5, 0.6) is 0 Å². The second-order valence-corrected chi connectivity index (χ2v) is 3.16. The van der Waals surface area contributed by atoms with E-state index < -0.39 is 5.97 Å². The highest BCUT2D eigenvalue weighted by Gasteiger charge is 2.08. The van der Waals surface area contributed by atoms with E-state index in [4.69, 9.17) is 16.7 Å². The Bertz CT molecular complexity index is 154. The maximum absolute atomic E-state index is 10.4. The molecular formula is C8H14ClNO2. The zero-order chi connectivity index (χ0) is 9.56. The third-order valence-corrected chi connectivity index (χ3v) is 1.41. The maximum atomic E-state index is 10.4. The van der Waals surface area contributed by atoms with Gasteiger partial charge in [-0.1, -0.05) is 25.1 Å². The van der Waals surface area contributed by atoms with E-state index in [0.29, 0.717) is 11.6 Å². The van der Waals surface area contributed by atoms with Crippen LogP contribution in [-0.2, 0) is 4.79 Å². The average Bonchev–Trinajstić information content (AvgIpc) is 1.84. The van der Waals surface area contributed by atoms with Gasteiger partial charge in [0.2, 0.25) is 0 Å². The summed E-state index contributed by atoms with van der Waals surface area (Å²) in [6.45, 7) is 6.71. The maximum Gasteiger partial charge on any atom is 0.317 e. The van der Waals surface area contributed by atoms with Gasteiger partial charge in [0.15, 0.2) is 0 Å². The van der Waals surface area contributed by atoms with Crippen molar-refractivity contribution >= 4 is 17.6 Å². The Morgan fingerprint density at radius 3 is 2.50 bits per heavy atom. The van der Waals surface area contributed by atoms with Crippen LogP contribution in [0.2, 0.25) is 0 Å². The van der Waals surface area contributed by atoms with Crippen LogP contribution in [0, 0.1) is 0 Å². The molecule has 1 N–H and O–H groups in total. The molecule has 12 heavy (non-hydrogen) atoms. The summed E-state index contributed by atoms with van der Waals surface area (Å²) in [5.41, 5.74) is 0. The Morgan fingerprint density at radius 1 is 1.58 bits per heavy atom. The number of nitrogens with zero attached hydrogens (tertiary/aromatic N) is 1. The van der Waals surface area contributed by atoms with E-state index in [1.807, 2.05) is 6.92 Å². The number of hydrogen-bond acceptors (Lipinski definition) is 2. The lowest BCUT2D eigenvalue weighted by atomic mass is 10.4. The molecule has 0 aliphatic carbocycles. The molecule has 0 unspecified atom stereocenters. The number of carboxylic acid groups (broad SMARTS) is 1. The van der Waals surface area contributed by atoms with Crippen LogP contribution in [0.15, 0.2) is 11.6 Å². The van der Waals surface area contributed by atoms with Gasteiger partial charge < -0.3 is 5.11 Å². The first-order chi connectivity index (χ1) is 5.56. The van der Waals surface area contributed by atoms with Crippen molar-refractivity contribution in [3.05, 3.63) is 11.6 Å². The molecule has 0 radical (unpaired) electrons. The van der Waals surface area contributed by atoms with E-state index in [-0.39, 0.29) is 6.54 Å². The molecule has 0 fully saturated rings. The van der Waals surface area contributed by atoms with Crippen LogP contribution in [0.3, 0.4) is 0 Å². The lowest BCUT2D eigenvalue weighted by Gasteiger charge is -2.17. The van der Waals surface area contributed by atoms with Crippen LogP contribution >= 0.6 is 11.6 Å². The van der Waals surface area contributed by atoms with Gasteiger partial charge in [-0.25, -0.2) is 0 Å². The van der Waals surface area contributed by atoms with Crippen molar-refractivity contribution in [2.45, 2.75) is 13.3 Å². The van der Waals surface area contributed by atoms with Gasteiger partial charge in [0.05, 0.1) is 6.54 Å². The molecule has 0 aromatic heterocycles. The predicted octanol–water partition coefficient (Wildman–Crippen LogP) is 1.54. The summed E-state index contributed by atoms with van der Waals surface area (Å²) in [7, 11) is 0. The number of rotatable bonds is 6. The zero-order valence-electron chi connectivity index (χ0n) is 7.22. The van der Waals surface area contributed by atoms with Crippen molar-refractivity contribution in [1.29, 1.82) is 0 Å². The van der Waals surface area contributed by atoms with Crippen LogP contribution in [0.1, 0.15) is 13.3 Å². The molecule has 0 amide bonds. The second kappa shape index (κ2) is 6.03. The Balaban J connectivity index is 3.85. The SMILES string of the molecule is C=C(Cl)CN(CCC)CC(=O)O. The molecule has 0 aliphatic heterocycles. The summed E-state index contributed by atoms with van der Waals surface area (Å²) in [4.78, 5) is 12.1. The second-order valence-electron chi connectivity index (χ2n) is 2.62. The Hall–Kier alpha value is -0.540. The molecule has 0 saturated heterocycles. The van der Waals surface area contributed by atoms with Crippen LogP contribution < -0.4 is 0 Å². The van der Waals surface area contributed by atoms with E-state index in [1.165, 1.54) is 0 Å². The average molecular weight is 192 g/mol. The fraction of sp³-hybridized carbons (Fsp3) is 0.625. The van der Waals surface area contributed by atoms with E-state index in [2.05, 4.69) is 6.58 Å². The smallest absolute Gasteiger partial charge is 0.317 e. The summed E-state index contributed by atoms with van der Waals surface area (Å²) >= 11 is 5.56. The first-order valence-electron chi connectivity index (χ1n) is 3.83. The summed E-state index contributed by atoms with van der Waals surface area (Å²) in [5.74, 6) is -0.832. The minimum Gasteiger partial charge on any atom is -0.480 e. The number of carboxylic acids is 1. The molecule has 4 heteroatoms. The van der Waals surface area contributed by atoms with Crippen molar-refractivity contribution in [3.8, 4) is 0 Å². The summed E-state index contributed by atoms with van der Waals surface area (Å²) < 4.78 is 0. The molecule has 0 atom stereocenters. The number of hydrogen-bond donors (Lipinski definition) is 1. The topological polar surface area (TPSA) is 40.5 Å². The van der Waals surface area contributed by atoms with Crippen molar-refractivity contribution in [2.24, 2.45) is 0 Å². The fourth-order valence-corrected chi connectivity index (χ4v) is 1.13. The van der Waals surface area contributed by atoms with Crippen LogP contribution in [-0.4, -0.2) is 35.6 Å². The van der Waals surface area contributed by atoms with E-state index >= 15 is 0 Å². The van der Waals surface area contributed by atoms with Crippen molar-refractivity contribution in [1.82, 2.24) is 4.90 Å². The molecule has 3 nitrogen and oxygen atoms in total. The number of aliphatic carboxylic acids is 1. The highest BCUT2D eigenvalue weighted by Crippen LogP contribution is 2.01.